The van der Waals surface area contributed by atoms with E-state index < -0.39 is 5.60 Å². The maximum absolute atomic E-state index is 10.5. The minimum Gasteiger partial charge on any atom is -0.383 e. The standard InChI is InChI=1S/C15H20BrN3OS2.HI/c1-3-17-14(18-8-12-7-11(16)9-22-12)19-10-15(2,20)13-5-4-6-21-13;/h4-7,9,20H,3,8,10H2,1-2H3,(H2,17,18,19);1H. The van der Waals surface area contributed by atoms with Crippen molar-refractivity contribution in [2.24, 2.45) is 4.99 Å². The summed E-state index contributed by atoms with van der Waals surface area (Å²) in [5.41, 5.74) is -0.906. The van der Waals surface area contributed by atoms with Gasteiger partial charge in [0.2, 0.25) is 0 Å². The number of aliphatic hydroxyl groups is 1. The van der Waals surface area contributed by atoms with Gasteiger partial charge in [0.15, 0.2) is 5.96 Å². The molecule has 0 fully saturated rings. The van der Waals surface area contributed by atoms with Crippen LogP contribution < -0.4 is 10.6 Å². The van der Waals surface area contributed by atoms with Gasteiger partial charge in [0.25, 0.3) is 0 Å². The molecule has 0 aliphatic carbocycles. The summed E-state index contributed by atoms with van der Waals surface area (Å²) in [6.45, 7) is 5.64. The minimum atomic E-state index is -0.906. The second kappa shape index (κ2) is 9.97. The smallest absolute Gasteiger partial charge is 0.191 e. The average molecular weight is 530 g/mol. The van der Waals surface area contributed by atoms with Crippen LogP contribution in [-0.4, -0.2) is 24.2 Å². The van der Waals surface area contributed by atoms with Crippen molar-refractivity contribution in [3.8, 4) is 0 Å². The van der Waals surface area contributed by atoms with Gasteiger partial charge < -0.3 is 15.7 Å². The molecule has 0 aromatic carbocycles. The van der Waals surface area contributed by atoms with Crippen molar-refractivity contribution >= 4 is 68.5 Å². The Labute approximate surface area is 170 Å². The summed E-state index contributed by atoms with van der Waals surface area (Å²) in [7, 11) is 0. The van der Waals surface area contributed by atoms with Crippen molar-refractivity contribution < 1.29 is 5.11 Å². The number of hydrogen-bond donors (Lipinski definition) is 3. The van der Waals surface area contributed by atoms with E-state index in [1.165, 1.54) is 4.88 Å². The van der Waals surface area contributed by atoms with Crippen LogP contribution in [0.3, 0.4) is 0 Å². The molecule has 2 rings (SSSR count). The van der Waals surface area contributed by atoms with E-state index in [1.807, 2.05) is 36.7 Å². The molecule has 8 heteroatoms. The predicted octanol–water partition coefficient (Wildman–Crippen LogP) is 4.15. The van der Waals surface area contributed by atoms with Gasteiger partial charge in [-0.15, -0.1) is 46.7 Å². The maximum Gasteiger partial charge on any atom is 0.191 e. The molecule has 0 aliphatic rings. The average Bonchev–Trinajstić information content (AvgIpc) is 3.13. The summed E-state index contributed by atoms with van der Waals surface area (Å²) < 4.78 is 1.08. The second-order valence-electron chi connectivity index (χ2n) is 5.03. The molecule has 128 valence electrons. The van der Waals surface area contributed by atoms with E-state index in [0.29, 0.717) is 19.0 Å². The topological polar surface area (TPSA) is 56.7 Å². The first-order chi connectivity index (χ1) is 10.5. The molecular weight excluding hydrogens is 509 g/mol. The molecule has 23 heavy (non-hydrogen) atoms. The van der Waals surface area contributed by atoms with Gasteiger partial charge in [0.05, 0.1) is 13.1 Å². The Kier molecular flexibility index (Phi) is 9.06. The molecule has 0 amide bonds. The molecular formula is C15H21BrIN3OS2. The largest absolute Gasteiger partial charge is 0.383 e. The Hall–Kier alpha value is -0.160. The lowest BCUT2D eigenvalue weighted by atomic mass is 10.1. The number of halogens is 2. The summed E-state index contributed by atoms with van der Waals surface area (Å²) in [4.78, 5) is 6.69. The van der Waals surface area contributed by atoms with Gasteiger partial charge in [0, 0.05) is 26.2 Å². The van der Waals surface area contributed by atoms with Crippen molar-refractivity contribution in [2.45, 2.75) is 26.0 Å². The fourth-order valence-corrected chi connectivity index (χ4v) is 4.02. The van der Waals surface area contributed by atoms with Crippen LogP contribution >= 0.6 is 62.6 Å². The third kappa shape index (κ3) is 6.69. The zero-order valence-corrected chi connectivity index (χ0v) is 18.6. The Morgan fingerprint density at radius 3 is 2.74 bits per heavy atom. The number of rotatable bonds is 6. The first-order valence-electron chi connectivity index (χ1n) is 7.02. The van der Waals surface area contributed by atoms with Crippen LogP contribution in [0.4, 0.5) is 0 Å². The summed E-state index contributed by atoms with van der Waals surface area (Å²) in [5.74, 6) is 0.712. The van der Waals surface area contributed by atoms with Gasteiger partial charge in [-0.25, -0.2) is 4.99 Å². The van der Waals surface area contributed by atoms with Crippen LogP contribution in [0.2, 0.25) is 0 Å². The molecule has 2 heterocycles. The predicted molar refractivity (Wildman–Crippen MR) is 114 cm³/mol. The number of guanidine groups is 1. The molecule has 2 aromatic heterocycles. The molecule has 3 N–H and O–H groups in total. The van der Waals surface area contributed by atoms with Crippen molar-refractivity contribution in [2.75, 3.05) is 13.1 Å². The van der Waals surface area contributed by atoms with Crippen LogP contribution in [-0.2, 0) is 12.1 Å². The second-order valence-corrected chi connectivity index (χ2v) is 7.89. The minimum absolute atomic E-state index is 0. The molecule has 1 atom stereocenters. The fraction of sp³-hybridized carbons (Fsp3) is 0.400. The molecule has 0 radical (unpaired) electrons. The lowest BCUT2D eigenvalue weighted by Gasteiger charge is -2.23. The van der Waals surface area contributed by atoms with Crippen LogP contribution in [0.5, 0.6) is 0 Å². The van der Waals surface area contributed by atoms with Gasteiger partial charge in [-0.2, -0.15) is 0 Å². The van der Waals surface area contributed by atoms with Crippen molar-refractivity contribution in [1.82, 2.24) is 10.6 Å². The summed E-state index contributed by atoms with van der Waals surface area (Å²) in [6, 6.07) is 5.96. The van der Waals surface area contributed by atoms with Crippen molar-refractivity contribution in [1.29, 1.82) is 0 Å². The highest BCUT2D eigenvalue weighted by molar-refractivity contribution is 14.0. The van der Waals surface area contributed by atoms with Crippen LogP contribution in [0, 0.1) is 0 Å². The van der Waals surface area contributed by atoms with Gasteiger partial charge in [0.1, 0.15) is 5.60 Å². The van der Waals surface area contributed by atoms with Crippen molar-refractivity contribution in [3.05, 3.63) is 43.2 Å². The van der Waals surface area contributed by atoms with Crippen LogP contribution in [0.1, 0.15) is 23.6 Å². The highest BCUT2D eigenvalue weighted by atomic mass is 127. The molecule has 0 saturated heterocycles. The Bertz CT molecular complexity index is 614. The Balaban J connectivity index is 0.00000264. The first-order valence-corrected chi connectivity index (χ1v) is 9.58. The highest BCUT2D eigenvalue weighted by Gasteiger charge is 2.24. The van der Waals surface area contributed by atoms with E-state index in [9.17, 15) is 5.11 Å². The Morgan fingerprint density at radius 2 is 2.17 bits per heavy atom. The normalized spacial score (nSPS) is 14.0. The lowest BCUT2D eigenvalue weighted by Crippen LogP contribution is -2.44. The third-order valence-corrected chi connectivity index (χ3v) is 5.82. The molecule has 1 unspecified atom stereocenters. The number of thiophene rings is 2. The fourth-order valence-electron chi connectivity index (χ4n) is 1.86. The van der Waals surface area contributed by atoms with Crippen LogP contribution in [0.25, 0.3) is 0 Å². The number of hydrogen-bond acceptors (Lipinski definition) is 4. The number of nitrogens with zero attached hydrogens (tertiary/aromatic N) is 1. The zero-order valence-electron chi connectivity index (χ0n) is 13.0. The zero-order chi connectivity index (χ0) is 16.0. The van der Waals surface area contributed by atoms with Gasteiger partial charge in [-0.1, -0.05) is 6.07 Å². The van der Waals surface area contributed by atoms with Gasteiger partial charge in [-0.3, -0.25) is 0 Å². The molecule has 0 bridgehead atoms. The van der Waals surface area contributed by atoms with Gasteiger partial charge >= 0.3 is 0 Å². The maximum atomic E-state index is 10.5. The molecule has 0 aliphatic heterocycles. The molecule has 4 nitrogen and oxygen atoms in total. The highest BCUT2D eigenvalue weighted by Crippen LogP contribution is 2.24. The van der Waals surface area contributed by atoms with E-state index in [0.717, 1.165) is 15.9 Å². The SMILES string of the molecule is CCNC(=NCc1cc(Br)cs1)NCC(C)(O)c1cccs1.I. The summed E-state index contributed by atoms with van der Waals surface area (Å²) >= 11 is 6.68. The molecule has 0 saturated carbocycles. The van der Waals surface area contributed by atoms with E-state index in [4.69, 9.17) is 0 Å². The monoisotopic (exact) mass is 529 g/mol. The molecule has 2 aromatic rings. The number of nitrogens with one attached hydrogen (secondary N) is 2. The van der Waals surface area contributed by atoms with Crippen LogP contribution in [0.15, 0.2) is 38.4 Å². The Morgan fingerprint density at radius 1 is 1.39 bits per heavy atom. The summed E-state index contributed by atoms with van der Waals surface area (Å²) in [6.07, 6.45) is 0. The van der Waals surface area contributed by atoms with E-state index >= 15 is 0 Å². The van der Waals surface area contributed by atoms with Crippen molar-refractivity contribution in [3.63, 3.8) is 0 Å². The molecule has 0 spiro atoms. The number of aliphatic imine (C=N–C) groups is 1. The quantitative estimate of drug-likeness (QED) is 0.299. The lowest BCUT2D eigenvalue weighted by molar-refractivity contribution is 0.0655. The third-order valence-electron chi connectivity index (χ3n) is 3.01. The first kappa shape index (κ1) is 20.9. The van der Waals surface area contributed by atoms with Gasteiger partial charge in [-0.05, 0) is 47.3 Å². The van der Waals surface area contributed by atoms with E-state index in [2.05, 4.69) is 37.6 Å². The van der Waals surface area contributed by atoms with E-state index in [-0.39, 0.29) is 24.0 Å². The van der Waals surface area contributed by atoms with E-state index in [1.54, 1.807) is 22.7 Å². The summed E-state index contributed by atoms with van der Waals surface area (Å²) in [5, 5.41) is 21.0.